The van der Waals surface area contributed by atoms with Gasteiger partial charge in [-0.25, -0.2) is 9.78 Å². The average Bonchev–Trinajstić information content (AvgIpc) is 3.18. The van der Waals surface area contributed by atoms with E-state index in [0.29, 0.717) is 5.82 Å². The summed E-state index contributed by atoms with van der Waals surface area (Å²) in [6.07, 6.45) is 3.95. The Labute approximate surface area is 179 Å². The number of benzene rings is 1. The maximum absolute atomic E-state index is 13.1. The Balaban J connectivity index is 2.13. The Morgan fingerprint density at radius 1 is 1.13 bits per heavy atom. The van der Waals surface area contributed by atoms with Crippen LogP contribution in [0.5, 0.6) is 5.75 Å². The molecule has 2 aromatic heterocycles. The van der Waals surface area contributed by atoms with Crippen LogP contribution >= 0.6 is 11.3 Å². The van der Waals surface area contributed by atoms with E-state index in [4.69, 9.17) is 9.47 Å². The smallest absolute Gasteiger partial charge is 0.360 e. The lowest BCUT2D eigenvalue weighted by Crippen LogP contribution is -2.32. The number of hydrogen-bond acceptors (Lipinski definition) is 6. The largest absolute Gasteiger partial charge is 0.480 e. The summed E-state index contributed by atoms with van der Waals surface area (Å²) in [7, 11) is 2.87. The second-order valence-corrected chi connectivity index (χ2v) is 8.55. The predicted molar refractivity (Wildman–Crippen MR) is 120 cm³/mol. The normalized spacial score (nSPS) is 11.6. The summed E-state index contributed by atoms with van der Waals surface area (Å²) in [6, 6.07) is 11.9. The van der Waals surface area contributed by atoms with Crippen LogP contribution in [0, 0.1) is 0 Å². The van der Waals surface area contributed by atoms with Gasteiger partial charge in [0.25, 0.3) is 5.56 Å². The molecule has 0 aliphatic carbocycles. The van der Waals surface area contributed by atoms with Crippen LogP contribution in [0.3, 0.4) is 0 Å². The topological polar surface area (TPSA) is 70.4 Å². The van der Waals surface area contributed by atoms with Gasteiger partial charge in [-0.15, -0.1) is 11.3 Å². The number of aromatic nitrogens is 2. The first-order chi connectivity index (χ1) is 14.2. The van der Waals surface area contributed by atoms with Gasteiger partial charge in [-0.3, -0.25) is 9.36 Å². The molecule has 0 saturated heterocycles. The van der Waals surface area contributed by atoms with Crippen LogP contribution < -0.4 is 10.3 Å². The van der Waals surface area contributed by atoms with E-state index in [2.05, 4.69) is 4.98 Å². The lowest BCUT2D eigenvalue weighted by Gasteiger charge is -2.22. The molecule has 0 aliphatic rings. The van der Waals surface area contributed by atoms with Crippen LogP contribution in [0.4, 0.5) is 0 Å². The number of ether oxygens (including phenoxy) is 2. The van der Waals surface area contributed by atoms with Crippen molar-refractivity contribution in [1.82, 2.24) is 9.55 Å². The van der Waals surface area contributed by atoms with E-state index in [9.17, 15) is 9.59 Å². The van der Waals surface area contributed by atoms with Gasteiger partial charge in [0.05, 0.1) is 12.0 Å². The minimum Gasteiger partial charge on any atom is -0.480 e. The van der Waals surface area contributed by atoms with Gasteiger partial charge < -0.3 is 9.47 Å². The fraction of sp³-hybridized carbons (Fsp3) is 0.261. The molecule has 30 heavy (non-hydrogen) atoms. The van der Waals surface area contributed by atoms with Crippen LogP contribution in [-0.2, 0) is 11.8 Å². The lowest BCUT2D eigenvalue weighted by molar-refractivity contribution is 0.0576. The molecule has 0 bridgehead atoms. The number of thiophene rings is 1. The van der Waals surface area contributed by atoms with Crippen molar-refractivity contribution in [2.75, 3.05) is 7.11 Å². The van der Waals surface area contributed by atoms with Crippen molar-refractivity contribution in [2.45, 2.75) is 26.4 Å². The molecule has 0 aliphatic heterocycles. The molecule has 6 nitrogen and oxygen atoms in total. The summed E-state index contributed by atoms with van der Waals surface area (Å²) in [5.41, 5.74) is 0.705. The molecule has 0 atom stereocenters. The number of carbonyl (C=O) groups excluding carboxylic acids is 1. The minimum absolute atomic E-state index is 0.112. The van der Waals surface area contributed by atoms with E-state index in [1.165, 1.54) is 23.0 Å². The summed E-state index contributed by atoms with van der Waals surface area (Å²) in [4.78, 5) is 30.7. The molecule has 0 unspecified atom stereocenters. The van der Waals surface area contributed by atoms with Crippen LogP contribution in [0.15, 0.2) is 46.6 Å². The van der Waals surface area contributed by atoms with Gasteiger partial charge in [0, 0.05) is 7.05 Å². The van der Waals surface area contributed by atoms with E-state index in [-0.39, 0.29) is 11.4 Å². The van der Waals surface area contributed by atoms with Gasteiger partial charge in [-0.2, -0.15) is 0 Å². The highest BCUT2D eigenvalue weighted by atomic mass is 32.1. The molecular weight excluding hydrogens is 400 g/mol. The van der Waals surface area contributed by atoms with E-state index >= 15 is 0 Å². The quantitative estimate of drug-likeness (QED) is 0.558. The molecule has 0 N–H and O–H groups in total. The molecule has 3 rings (SSSR count). The monoisotopic (exact) mass is 424 g/mol. The van der Waals surface area contributed by atoms with Gasteiger partial charge >= 0.3 is 5.97 Å². The van der Waals surface area contributed by atoms with Gasteiger partial charge in [0.15, 0.2) is 11.5 Å². The highest BCUT2D eigenvalue weighted by Crippen LogP contribution is 2.31. The third-order valence-electron chi connectivity index (χ3n) is 4.19. The lowest BCUT2D eigenvalue weighted by atomic mass is 10.1. The van der Waals surface area contributed by atoms with Crippen LogP contribution in [0.1, 0.15) is 42.4 Å². The van der Waals surface area contributed by atoms with Crippen LogP contribution in [0.25, 0.3) is 22.9 Å². The third-order valence-corrected chi connectivity index (χ3v) is 5.12. The number of hydrogen-bond donors (Lipinski definition) is 0. The van der Waals surface area contributed by atoms with Gasteiger partial charge in [-0.05, 0) is 43.3 Å². The Morgan fingerprint density at radius 3 is 2.47 bits per heavy atom. The molecule has 0 spiro atoms. The molecule has 3 aromatic rings. The van der Waals surface area contributed by atoms with Crippen LogP contribution in [-0.4, -0.2) is 28.2 Å². The fourth-order valence-corrected chi connectivity index (χ4v) is 3.71. The van der Waals surface area contributed by atoms with Crippen molar-refractivity contribution in [3.8, 4) is 16.5 Å². The molecule has 2 heterocycles. The van der Waals surface area contributed by atoms with Gasteiger partial charge in [0.1, 0.15) is 5.60 Å². The molecule has 0 amide bonds. The summed E-state index contributed by atoms with van der Waals surface area (Å²) < 4.78 is 12.0. The van der Waals surface area contributed by atoms with Crippen molar-refractivity contribution in [3.05, 3.63) is 69.0 Å². The predicted octanol–water partition coefficient (Wildman–Crippen LogP) is 4.64. The molecule has 156 valence electrons. The van der Waals surface area contributed by atoms with Crippen molar-refractivity contribution in [2.24, 2.45) is 7.05 Å². The number of nitrogens with zero attached hydrogens (tertiary/aromatic N) is 2. The Hall–Kier alpha value is -3.19. The zero-order chi connectivity index (χ0) is 21.9. The second-order valence-electron chi connectivity index (χ2n) is 7.63. The number of esters is 1. The first-order valence-electron chi connectivity index (χ1n) is 9.40. The van der Waals surface area contributed by atoms with E-state index in [1.807, 2.05) is 53.9 Å². The standard InChI is InChI=1S/C23H24N2O4S/c1-23(2,3)29-18-17(22(27)28-5)24-20(25(4)21(18)26)19-16(13-14-30-19)12-11-15-9-7-6-8-10-15/h6-14H,1-5H3. The maximum Gasteiger partial charge on any atom is 0.360 e. The Bertz CT molecular complexity index is 1140. The number of rotatable bonds is 5. The highest BCUT2D eigenvalue weighted by Gasteiger charge is 2.27. The summed E-state index contributed by atoms with van der Waals surface area (Å²) in [5.74, 6) is -0.450. The molecule has 1 aromatic carbocycles. The first kappa shape index (κ1) is 21.5. The molecule has 0 saturated carbocycles. The highest BCUT2D eigenvalue weighted by molar-refractivity contribution is 7.13. The van der Waals surface area contributed by atoms with Crippen molar-refractivity contribution in [3.63, 3.8) is 0 Å². The Kier molecular flexibility index (Phi) is 6.22. The van der Waals surface area contributed by atoms with Crippen LogP contribution in [0.2, 0.25) is 0 Å². The first-order valence-corrected chi connectivity index (χ1v) is 10.3. The summed E-state index contributed by atoms with van der Waals surface area (Å²) in [6.45, 7) is 5.40. The van der Waals surface area contributed by atoms with Crippen molar-refractivity contribution >= 4 is 29.5 Å². The third kappa shape index (κ3) is 4.68. The minimum atomic E-state index is -0.717. The number of methoxy groups -OCH3 is 1. The van der Waals surface area contributed by atoms with Gasteiger partial charge in [-0.1, -0.05) is 42.5 Å². The van der Waals surface area contributed by atoms with E-state index < -0.39 is 17.1 Å². The zero-order valence-corrected chi connectivity index (χ0v) is 18.4. The summed E-state index contributed by atoms with van der Waals surface area (Å²) in [5, 5.41) is 1.92. The average molecular weight is 425 g/mol. The molecular formula is C23H24N2O4S. The number of carbonyl (C=O) groups is 1. The summed E-state index contributed by atoms with van der Waals surface area (Å²) >= 11 is 1.44. The van der Waals surface area contributed by atoms with Crippen molar-refractivity contribution in [1.29, 1.82) is 0 Å². The maximum atomic E-state index is 13.1. The Morgan fingerprint density at radius 2 is 1.83 bits per heavy atom. The van der Waals surface area contributed by atoms with E-state index in [0.717, 1.165) is 16.0 Å². The second kappa shape index (κ2) is 8.67. The zero-order valence-electron chi connectivity index (χ0n) is 17.6. The molecule has 7 heteroatoms. The van der Waals surface area contributed by atoms with Gasteiger partial charge in [0.2, 0.25) is 5.75 Å². The molecule has 0 radical (unpaired) electrons. The van der Waals surface area contributed by atoms with Crippen molar-refractivity contribution < 1.29 is 14.3 Å². The SMILES string of the molecule is COC(=O)c1nc(-c2sccc2C=Cc2ccccc2)n(C)c(=O)c1OC(C)(C)C. The fourth-order valence-electron chi connectivity index (χ4n) is 2.80. The molecule has 0 fully saturated rings. The van der Waals surface area contributed by atoms with E-state index in [1.54, 1.807) is 27.8 Å².